The molecule has 0 fully saturated rings. The van der Waals surface area contributed by atoms with Crippen molar-refractivity contribution in [1.29, 1.82) is 0 Å². The van der Waals surface area contributed by atoms with Crippen LogP contribution in [-0.2, 0) is 0 Å². The van der Waals surface area contributed by atoms with Crippen LogP contribution < -0.4 is 5.32 Å². The van der Waals surface area contributed by atoms with Crippen molar-refractivity contribution in [3.05, 3.63) is 113 Å². The van der Waals surface area contributed by atoms with E-state index in [1.807, 2.05) is 0 Å². The minimum absolute atomic E-state index is 0.120. The minimum Gasteiger partial charge on any atom is -0.319 e. The number of rotatable bonds is 5. The van der Waals surface area contributed by atoms with Crippen molar-refractivity contribution in [3.8, 4) is 5.82 Å². The summed E-state index contributed by atoms with van der Waals surface area (Å²) in [6.07, 6.45) is 6.42. The molecule has 0 unspecified atom stereocenters. The number of ketones is 1. The number of carbonyl (C=O) groups excluding carboxylic acids is 2. The maximum Gasteiger partial charge on any atom is 0.255 e. The van der Waals surface area contributed by atoms with Gasteiger partial charge in [0.05, 0.1) is 33.5 Å². The lowest BCUT2D eigenvalue weighted by atomic mass is 10.0. The first-order valence-electron chi connectivity index (χ1n) is 10.3. The Kier molecular flexibility index (Phi) is 5.76. The largest absolute Gasteiger partial charge is 0.319 e. The second-order valence-corrected chi connectivity index (χ2v) is 7.88. The number of nitrogens with one attached hydrogen (secondary N) is 1. The molecular weight excluding hydrogens is 476 g/mol. The van der Waals surface area contributed by atoms with Gasteiger partial charge in [0.25, 0.3) is 5.91 Å². The Labute approximate surface area is 202 Å². The third kappa shape index (κ3) is 4.36. The number of carbonyl (C=O) groups is 2. The fraction of sp³-hybridized carbons (Fsp3) is 0. The van der Waals surface area contributed by atoms with E-state index in [9.17, 15) is 14.0 Å². The average molecular weight is 490 g/mol. The molecule has 3 aromatic carbocycles. The zero-order valence-electron chi connectivity index (χ0n) is 17.7. The summed E-state index contributed by atoms with van der Waals surface area (Å²) in [6, 6.07) is 11.9. The summed E-state index contributed by atoms with van der Waals surface area (Å²) in [5.74, 6) is -2.37. The number of benzene rings is 3. The topological polar surface area (TPSA) is 89.8 Å². The van der Waals surface area contributed by atoms with Crippen LogP contribution in [0.4, 0.5) is 14.5 Å². The summed E-state index contributed by atoms with van der Waals surface area (Å²) in [6.45, 7) is 0. The number of imidazole rings is 1. The summed E-state index contributed by atoms with van der Waals surface area (Å²) in [5, 5.41) is 2.27. The number of halogens is 3. The number of fused-ring (bicyclic) bond motifs is 1. The van der Waals surface area contributed by atoms with Gasteiger partial charge in [-0.25, -0.2) is 18.7 Å². The molecule has 0 saturated carbocycles. The maximum atomic E-state index is 15.4. The highest BCUT2D eigenvalue weighted by molar-refractivity contribution is 6.35. The number of hydrogen-bond acceptors (Lipinski definition) is 5. The maximum absolute atomic E-state index is 15.4. The molecule has 2 heterocycles. The predicted molar refractivity (Wildman–Crippen MR) is 126 cm³/mol. The zero-order chi connectivity index (χ0) is 24.5. The molecule has 0 aliphatic carbocycles. The molecule has 1 N–H and O–H groups in total. The Balaban J connectivity index is 1.49. The zero-order valence-corrected chi connectivity index (χ0v) is 18.5. The molecule has 0 aliphatic heterocycles. The fourth-order valence-electron chi connectivity index (χ4n) is 3.46. The highest BCUT2D eigenvalue weighted by Gasteiger charge is 2.22. The highest BCUT2D eigenvalue weighted by Crippen LogP contribution is 2.29. The van der Waals surface area contributed by atoms with Crippen molar-refractivity contribution in [2.24, 2.45) is 0 Å². The third-order valence-corrected chi connectivity index (χ3v) is 5.55. The van der Waals surface area contributed by atoms with Gasteiger partial charge in [0.2, 0.25) is 0 Å². The van der Waals surface area contributed by atoms with Gasteiger partial charge < -0.3 is 5.32 Å². The van der Waals surface area contributed by atoms with Crippen molar-refractivity contribution in [1.82, 2.24) is 19.5 Å². The summed E-state index contributed by atoms with van der Waals surface area (Å²) in [7, 11) is 0. The highest BCUT2D eigenvalue weighted by atomic mass is 35.5. The number of amides is 1. The van der Waals surface area contributed by atoms with E-state index in [0.29, 0.717) is 16.9 Å². The molecule has 1 amide bonds. The summed E-state index contributed by atoms with van der Waals surface area (Å²) in [4.78, 5) is 38.5. The Hall–Kier alpha value is -4.50. The van der Waals surface area contributed by atoms with Gasteiger partial charge >= 0.3 is 0 Å². The summed E-state index contributed by atoms with van der Waals surface area (Å²) in [5.41, 5.74) is 0.571. The SMILES string of the molecule is O=C(Nc1ccc(Cl)c(C(=O)c2ccc3ncc(-n4ccnc4)nc3c2)c1F)c1ccc(F)cc1. The first-order chi connectivity index (χ1) is 16.9. The van der Waals surface area contributed by atoms with Crippen molar-refractivity contribution in [3.63, 3.8) is 0 Å². The van der Waals surface area contributed by atoms with E-state index in [1.54, 1.807) is 35.6 Å². The normalized spacial score (nSPS) is 10.9. The van der Waals surface area contributed by atoms with Gasteiger partial charge in [-0.15, -0.1) is 0 Å². The first kappa shape index (κ1) is 22.3. The lowest BCUT2D eigenvalue weighted by Crippen LogP contribution is -2.15. The van der Waals surface area contributed by atoms with Crippen LogP contribution in [0.1, 0.15) is 26.3 Å². The van der Waals surface area contributed by atoms with Crippen LogP contribution in [0.15, 0.2) is 79.5 Å². The Morgan fingerprint density at radius 2 is 1.71 bits per heavy atom. The van der Waals surface area contributed by atoms with Gasteiger partial charge in [-0.2, -0.15) is 0 Å². The van der Waals surface area contributed by atoms with Crippen LogP contribution in [0, 0.1) is 11.6 Å². The van der Waals surface area contributed by atoms with Crippen LogP contribution in [0.5, 0.6) is 0 Å². The van der Waals surface area contributed by atoms with Crippen LogP contribution in [0.2, 0.25) is 5.02 Å². The lowest BCUT2D eigenvalue weighted by Gasteiger charge is -2.12. The van der Waals surface area contributed by atoms with E-state index in [-0.39, 0.29) is 21.8 Å². The van der Waals surface area contributed by atoms with Gasteiger partial charge in [-0.3, -0.25) is 19.1 Å². The van der Waals surface area contributed by atoms with Crippen LogP contribution in [0.3, 0.4) is 0 Å². The summed E-state index contributed by atoms with van der Waals surface area (Å²) < 4.78 is 30.1. The van der Waals surface area contributed by atoms with E-state index in [2.05, 4.69) is 20.3 Å². The number of aromatic nitrogens is 4. The number of nitrogens with zero attached hydrogens (tertiary/aromatic N) is 4. The molecule has 35 heavy (non-hydrogen) atoms. The third-order valence-electron chi connectivity index (χ3n) is 5.23. The molecule has 0 bridgehead atoms. The van der Waals surface area contributed by atoms with Crippen molar-refractivity contribution in [2.45, 2.75) is 0 Å². The first-order valence-corrected chi connectivity index (χ1v) is 10.6. The second kappa shape index (κ2) is 9.03. The molecule has 0 saturated heterocycles. The van der Waals surface area contributed by atoms with Crippen LogP contribution in [-0.4, -0.2) is 31.2 Å². The molecule has 0 radical (unpaired) electrons. The number of anilines is 1. The molecule has 172 valence electrons. The molecule has 0 atom stereocenters. The molecule has 0 aliphatic rings. The molecule has 10 heteroatoms. The molecule has 5 rings (SSSR count). The van der Waals surface area contributed by atoms with Gasteiger partial charge in [-0.1, -0.05) is 11.6 Å². The minimum atomic E-state index is -0.990. The smallest absolute Gasteiger partial charge is 0.255 e. The summed E-state index contributed by atoms with van der Waals surface area (Å²) >= 11 is 6.17. The molecule has 0 spiro atoms. The average Bonchev–Trinajstić information content (AvgIpc) is 3.40. The standard InChI is InChI=1S/C25H14ClF2N5O2/c26-17-6-8-19(32-25(35)14-1-4-16(27)5-2-14)23(28)22(17)24(34)15-3-7-18-20(11-15)31-21(12-30-18)33-10-9-29-13-33/h1-13H,(H,32,35). The number of hydrogen-bond donors (Lipinski definition) is 1. The lowest BCUT2D eigenvalue weighted by molar-refractivity contribution is 0.101. The van der Waals surface area contributed by atoms with Gasteiger partial charge in [0.1, 0.15) is 12.1 Å². The van der Waals surface area contributed by atoms with E-state index in [0.717, 1.165) is 12.1 Å². The quantitative estimate of drug-likeness (QED) is 0.341. The monoisotopic (exact) mass is 489 g/mol. The van der Waals surface area contributed by atoms with Crippen LogP contribution >= 0.6 is 11.6 Å². The fourth-order valence-corrected chi connectivity index (χ4v) is 3.69. The molecule has 5 aromatic rings. The van der Waals surface area contributed by atoms with E-state index in [4.69, 9.17) is 11.6 Å². The Morgan fingerprint density at radius 1 is 0.943 bits per heavy atom. The Morgan fingerprint density at radius 3 is 2.46 bits per heavy atom. The van der Waals surface area contributed by atoms with Gasteiger partial charge in [0.15, 0.2) is 17.4 Å². The second-order valence-electron chi connectivity index (χ2n) is 7.48. The van der Waals surface area contributed by atoms with E-state index in [1.165, 1.54) is 36.4 Å². The van der Waals surface area contributed by atoms with Crippen molar-refractivity contribution in [2.75, 3.05) is 5.32 Å². The molecule has 7 nitrogen and oxygen atoms in total. The van der Waals surface area contributed by atoms with E-state index >= 15 is 4.39 Å². The van der Waals surface area contributed by atoms with Crippen LogP contribution in [0.25, 0.3) is 16.9 Å². The predicted octanol–water partition coefficient (Wildman–Crippen LogP) is 5.23. The molecular formula is C25H14ClF2N5O2. The Bertz CT molecular complexity index is 1590. The van der Waals surface area contributed by atoms with Gasteiger partial charge in [-0.05, 0) is 54.6 Å². The van der Waals surface area contributed by atoms with Crippen molar-refractivity contribution >= 4 is 40.0 Å². The van der Waals surface area contributed by atoms with E-state index < -0.39 is 28.9 Å². The molecule has 2 aromatic heterocycles. The van der Waals surface area contributed by atoms with Gasteiger partial charge in [0, 0.05) is 23.5 Å². The van der Waals surface area contributed by atoms with Crippen molar-refractivity contribution < 1.29 is 18.4 Å².